The zero-order valence-electron chi connectivity index (χ0n) is 15.5. The standard InChI is InChI=1S/C21H20BrNO4S/c1-14(15-7-10-17(11-8-15)28(2,25)26)23-20(24)13-27-19-12-9-16-5-3-4-6-18(16)21(19)22/h3-12,14H,13H2,1-2H3,(H,23,24)/t14-/m1/s1. The molecule has 3 aromatic rings. The van der Waals surface area contributed by atoms with Gasteiger partial charge in [0.05, 0.1) is 15.4 Å². The van der Waals surface area contributed by atoms with Crippen LogP contribution in [-0.2, 0) is 14.6 Å². The first kappa shape index (κ1) is 20.4. The molecule has 0 aliphatic rings. The van der Waals surface area contributed by atoms with Crippen LogP contribution in [0.3, 0.4) is 0 Å². The molecule has 3 aromatic carbocycles. The van der Waals surface area contributed by atoms with Gasteiger partial charge in [0.15, 0.2) is 16.4 Å². The number of hydrogen-bond acceptors (Lipinski definition) is 4. The van der Waals surface area contributed by atoms with Gasteiger partial charge in [-0.15, -0.1) is 0 Å². The molecule has 0 fully saturated rings. The summed E-state index contributed by atoms with van der Waals surface area (Å²) in [5.41, 5.74) is 0.813. The smallest absolute Gasteiger partial charge is 0.258 e. The first-order chi connectivity index (χ1) is 13.3. The van der Waals surface area contributed by atoms with E-state index in [-0.39, 0.29) is 23.5 Å². The number of sulfone groups is 1. The van der Waals surface area contributed by atoms with Crippen LogP contribution in [0.5, 0.6) is 5.75 Å². The van der Waals surface area contributed by atoms with Gasteiger partial charge in [-0.1, -0.05) is 42.5 Å². The highest BCUT2D eigenvalue weighted by Crippen LogP contribution is 2.33. The zero-order valence-corrected chi connectivity index (χ0v) is 17.9. The molecule has 0 saturated carbocycles. The third-order valence-electron chi connectivity index (χ3n) is 4.37. The molecule has 3 rings (SSSR count). The third kappa shape index (κ3) is 4.72. The van der Waals surface area contributed by atoms with Gasteiger partial charge < -0.3 is 10.1 Å². The molecule has 0 spiro atoms. The molecule has 1 N–H and O–H groups in total. The topological polar surface area (TPSA) is 72.5 Å². The number of hydrogen-bond donors (Lipinski definition) is 1. The molecular formula is C21H20BrNO4S. The normalized spacial score (nSPS) is 12.5. The molecular weight excluding hydrogens is 442 g/mol. The Morgan fingerprint density at radius 1 is 1.07 bits per heavy atom. The minimum atomic E-state index is -3.24. The summed E-state index contributed by atoms with van der Waals surface area (Å²) >= 11 is 3.54. The van der Waals surface area contributed by atoms with Crippen LogP contribution < -0.4 is 10.1 Å². The van der Waals surface area contributed by atoms with Gasteiger partial charge >= 0.3 is 0 Å². The molecule has 0 aliphatic heterocycles. The fourth-order valence-corrected chi connectivity index (χ4v) is 4.08. The lowest BCUT2D eigenvalue weighted by Gasteiger charge is -2.16. The minimum absolute atomic E-state index is 0.122. The van der Waals surface area contributed by atoms with Gasteiger partial charge in [-0.05, 0) is 57.4 Å². The quantitative estimate of drug-likeness (QED) is 0.594. The maximum absolute atomic E-state index is 12.3. The first-order valence-corrected chi connectivity index (χ1v) is 11.3. The molecule has 0 aliphatic carbocycles. The monoisotopic (exact) mass is 461 g/mol. The summed E-state index contributed by atoms with van der Waals surface area (Å²) < 4.78 is 29.5. The lowest BCUT2D eigenvalue weighted by atomic mass is 10.1. The van der Waals surface area contributed by atoms with Gasteiger partial charge in [-0.3, -0.25) is 4.79 Å². The second kappa shape index (κ2) is 8.32. The van der Waals surface area contributed by atoms with E-state index in [0.717, 1.165) is 27.1 Å². The van der Waals surface area contributed by atoms with Gasteiger partial charge in [0.25, 0.3) is 5.91 Å². The van der Waals surface area contributed by atoms with E-state index in [1.807, 2.05) is 43.3 Å². The molecule has 146 valence electrons. The van der Waals surface area contributed by atoms with E-state index in [1.54, 1.807) is 12.1 Å². The first-order valence-electron chi connectivity index (χ1n) is 8.65. The van der Waals surface area contributed by atoms with Crippen molar-refractivity contribution in [3.63, 3.8) is 0 Å². The number of carbonyl (C=O) groups is 1. The highest BCUT2D eigenvalue weighted by molar-refractivity contribution is 9.10. The summed E-state index contributed by atoms with van der Waals surface area (Å²) in [4.78, 5) is 12.5. The van der Waals surface area contributed by atoms with Gasteiger partial charge in [0.1, 0.15) is 5.75 Å². The number of benzene rings is 3. The molecule has 7 heteroatoms. The Morgan fingerprint density at radius 2 is 1.75 bits per heavy atom. The average molecular weight is 462 g/mol. The van der Waals surface area contributed by atoms with Crippen LogP contribution in [-0.4, -0.2) is 27.2 Å². The van der Waals surface area contributed by atoms with E-state index >= 15 is 0 Å². The summed E-state index contributed by atoms with van der Waals surface area (Å²) in [7, 11) is -3.24. The van der Waals surface area contributed by atoms with Crippen molar-refractivity contribution in [2.75, 3.05) is 12.9 Å². The predicted octanol–water partition coefficient (Wildman–Crippen LogP) is 4.26. The summed E-state index contributed by atoms with van der Waals surface area (Å²) in [6, 6.07) is 17.9. The van der Waals surface area contributed by atoms with Crippen LogP contribution in [0.25, 0.3) is 10.8 Å². The van der Waals surface area contributed by atoms with Crippen molar-refractivity contribution in [3.8, 4) is 5.75 Å². The van der Waals surface area contributed by atoms with Crippen molar-refractivity contribution in [1.82, 2.24) is 5.32 Å². The Labute approximate surface area is 172 Å². The van der Waals surface area contributed by atoms with Crippen molar-refractivity contribution in [1.29, 1.82) is 0 Å². The molecule has 0 aromatic heterocycles. The summed E-state index contributed by atoms with van der Waals surface area (Å²) in [6.45, 7) is 1.71. The molecule has 1 atom stereocenters. The van der Waals surface area contributed by atoms with Crippen LogP contribution >= 0.6 is 15.9 Å². The average Bonchev–Trinajstić information content (AvgIpc) is 2.67. The largest absolute Gasteiger partial charge is 0.483 e. The molecule has 28 heavy (non-hydrogen) atoms. The van der Waals surface area contributed by atoms with Crippen molar-refractivity contribution in [2.45, 2.75) is 17.9 Å². The van der Waals surface area contributed by atoms with E-state index in [2.05, 4.69) is 21.2 Å². The van der Waals surface area contributed by atoms with Crippen LogP contribution in [0.1, 0.15) is 18.5 Å². The highest BCUT2D eigenvalue weighted by Gasteiger charge is 2.13. The lowest BCUT2D eigenvalue weighted by molar-refractivity contribution is -0.123. The second-order valence-corrected chi connectivity index (χ2v) is 9.33. The van der Waals surface area contributed by atoms with Crippen molar-refractivity contribution in [2.24, 2.45) is 0 Å². The fraction of sp³-hybridized carbons (Fsp3) is 0.190. The Balaban J connectivity index is 1.62. The van der Waals surface area contributed by atoms with Crippen LogP contribution in [0.4, 0.5) is 0 Å². The third-order valence-corrected chi connectivity index (χ3v) is 6.32. The Bertz CT molecular complexity index is 1110. The van der Waals surface area contributed by atoms with Crippen molar-refractivity contribution in [3.05, 3.63) is 70.7 Å². The molecule has 0 bridgehead atoms. The SMILES string of the molecule is C[C@@H](NC(=O)COc1ccc2ccccc2c1Br)c1ccc(S(C)(=O)=O)cc1. The maximum Gasteiger partial charge on any atom is 0.258 e. The van der Waals surface area contributed by atoms with Gasteiger partial charge in [0, 0.05) is 6.26 Å². The van der Waals surface area contributed by atoms with Crippen LogP contribution in [0.2, 0.25) is 0 Å². The molecule has 0 radical (unpaired) electrons. The molecule has 0 unspecified atom stereocenters. The minimum Gasteiger partial charge on any atom is -0.483 e. The zero-order chi connectivity index (χ0) is 20.3. The van der Waals surface area contributed by atoms with Gasteiger partial charge in [0.2, 0.25) is 0 Å². The Hall–Kier alpha value is -2.38. The fourth-order valence-electron chi connectivity index (χ4n) is 2.84. The van der Waals surface area contributed by atoms with E-state index in [0.29, 0.717) is 5.75 Å². The van der Waals surface area contributed by atoms with E-state index in [1.165, 1.54) is 12.1 Å². The van der Waals surface area contributed by atoms with Gasteiger partial charge in [-0.25, -0.2) is 8.42 Å². The number of nitrogens with one attached hydrogen (secondary N) is 1. The summed E-state index contributed by atoms with van der Waals surface area (Å²) in [5, 5.41) is 4.95. The van der Waals surface area contributed by atoms with E-state index < -0.39 is 9.84 Å². The number of carbonyl (C=O) groups excluding carboxylic acids is 1. The molecule has 5 nitrogen and oxygen atoms in total. The van der Waals surface area contributed by atoms with E-state index in [9.17, 15) is 13.2 Å². The Morgan fingerprint density at radius 3 is 2.43 bits per heavy atom. The summed E-state index contributed by atoms with van der Waals surface area (Å²) in [5.74, 6) is 0.332. The predicted molar refractivity (Wildman–Crippen MR) is 113 cm³/mol. The molecule has 1 amide bonds. The lowest BCUT2D eigenvalue weighted by Crippen LogP contribution is -2.31. The number of ether oxygens (including phenoxy) is 1. The Kier molecular flexibility index (Phi) is 6.05. The van der Waals surface area contributed by atoms with Crippen molar-refractivity contribution < 1.29 is 17.9 Å². The summed E-state index contributed by atoms with van der Waals surface area (Å²) in [6.07, 6.45) is 1.16. The molecule has 0 saturated heterocycles. The maximum atomic E-state index is 12.3. The second-order valence-electron chi connectivity index (χ2n) is 6.52. The van der Waals surface area contributed by atoms with Gasteiger partial charge in [-0.2, -0.15) is 0 Å². The number of rotatable bonds is 6. The number of amides is 1. The number of fused-ring (bicyclic) bond motifs is 1. The highest BCUT2D eigenvalue weighted by atomic mass is 79.9. The number of halogens is 1. The van der Waals surface area contributed by atoms with Crippen molar-refractivity contribution >= 4 is 42.4 Å². The van der Waals surface area contributed by atoms with Crippen LogP contribution in [0.15, 0.2) is 70.0 Å². The molecule has 0 heterocycles. The van der Waals surface area contributed by atoms with Crippen LogP contribution in [0, 0.1) is 0 Å². The van der Waals surface area contributed by atoms with E-state index in [4.69, 9.17) is 4.74 Å².